The zero-order chi connectivity index (χ0) is 17.9. The van der Waals surface area contributed by atoms with Crippen molar-refractivity contribution in [3.63, 3.8) is 0 Å². The van der Waals surface area contributed by atoms with E-state index in [9.17, 15) is 13.2 Å². The van der Waals surface area contributed by atoms with Gasteiger partial charge in [0.05, 0.1) is 16.3 Å². The highest BCUT2D eigenvalue weighted by atomic mass is 32.2. The fraction of sp³-hybridized carbons (Fsp3) is 0.118. The number of nitrogens with zero attached hydrogens (tertiary/aromatic N) is 2. The fourth-order valence-corrected chi connectivity index (χ4v) is 3.47. The van der Waals surface area contributed by atoms with Crippen molar-refractivity contribution in [2.24, 2.45) is 0 Å². The molecular weight excluding hydrogens is 358 g/mol. The molecule has 1 aromatic carbocycles. The molecule has 8 heteroatoms. The number of carbonyl (C=O) groups excluding carboxylic acids is 1. The number of hydrogen-bond acceptors (Lipinski definition) is 6. The third kappa shape index (κ3) is 3.92. The lowest BCUT2D eigenvalue weighted by Gasteiger charge is -2.06. The lowest BCUT2D eigenvalue weighted by molar-refractivity contribution is 0.103. The first kappa shape index (κ1) is 17.2. The van der Waals surface area contributed by atoms with Crippen LogP contribution in [0.5, 0.6) is 0 Å². The highest BCUT2D eigenvalue weighted by Crippen LogP contribution is 2.21. The van der Waals surface area contributed by atoms with Crippen LogP contribution in [0.1, 0.15) is 16.6 Å². The Bertz CT molecular complexity index is 965. The number of amides is 1. The van der Waals surface area contributed by atoms with Crippen LogP contribution in [-0.2, 0) is 9.84 Å². The van der Waals surface area contributed by atoms with Crippen molar-refractivity contribution >= 4 is 32.8 Å². The number of aromatic nitrogens is 2. The lowest BCUT2D eigenvalue weighted by atomic mass is 10.1. The number of anilines is 1. The molecule has 0 saturated heterocycles. The summed E-state index contributed by atoms with van der Waals surface area (Å²) < 4.78 is 23.5. The van der Waals surface area contributed by atoms with Gasteiger partial charge in [0.15, 0.2) is 14.9 Å². The maximum absolute atomic E-state index is 12.0. The van der Waals surface area contributed by atoms with Gasteiger partial charge in [0, 0.05) is 11.3 Å². The fourth-order valence-electron chi connectivity index (χ4n) is 2.11. The van der Waals surface area contributed by atoms with Gasteiger partial charge in [0.2, 0.25) is 0 Å². The van der Waals surface area contributed by atoms with Crippen LogP contribution < -0.4 is 5.32 Å². The molecule has 2 heterocycles. The van der Waals surface area contributed by atoms with Crippen molar-refractivity contribution in [2.75, 3.05) is 11.1 Å². The molecule has 3 rings (SSSR count). The van der Waals surface area contributed by atoms with Crippen LogP contribution in [0, 0.1) is 0 Å². The summed E-state index contributed by atoms with van der Waals surface area (Å²) in [6, 6.07) is 13.8. The van der Waals surface area contributed by atoms with Crippen molar-refractivity contribution < 1.29 is 13.2 Å². The maximum atomic E-state index is 12.0. The molecule has 2 aromatic heterocycles. The van der Waals surface area contributed by atoms with E-state index in [2.05, 4.69) is 15.5 Å². The molecule has 0 aliphatic heterocycles. The minimum Gasteiger partial charge on any atom is -0.321 e. The summed E-state index contributed by atoms with van der Waals surface area (Å²) in [6.07, 6.45) is 0. The van der Waals surface area contributed by atoms with Crippen molar-refractivity contribution in [3.05, 3.63) is 58.8 Å². The number of hydrogen-bond donors (Lipinski definition) is 1. The molecule has 25 heavy (non-hydrogen) atoms. The van der Waals surface area contributed by atoms with E-state index in [1.165, 1.54) is 17.4 Å². The first-order chi connectivity index (χ1) is 12.0. The van der Waals surface area contributed by atoms with Gasteiger partial charge in [-0.25, -0.2) is 8.42 Å². The van der Waals surface area contributed by atoms with E-state index in [1.54, 1.807) is 43.3 Å². The summed E-state index contributed by atoms with van der Waals surface area (Å²) in [6.45, 7) is 1.56. The minimum atomic E-state index is -3.36. The molecule has 0 aliphatic carbocycles. The second kappa shape index (κ2) is 7.12. The van der Waals surface area contributed by atoms with Gasteiger partial charge in [-0.15, -0.1) is 21.5 Å². The van der Waals surface area contributed by atoms with E-state index in [1.807, 2.05) is 11.4 Å². The molecule has 0 radical (unpaired) electrons. The van der Waals surface area contributed by atoms with Gasteiger partial charge in [-0.05, 0) is 35.7 Å². The number of thiophene rings is 1. The zero-order valence-corrected chi connectivity index (χ0v) is 15.0. The van der Waals surface area contributed by atoms with E-state index < -0.39 is 9.84 Å². The molecule has 0 spiro atoms. The highest BCUT2D eigenvalue weighted by molar-refractivity contribution is 7.91. The first-order valence-corrected chi connectivity index (χ1v) is 10.0. The van der Waals surface area contributed by atoms with E-state index in [4.69, 9.17) is 0 Å². The van der Waals surface area contributed by atoms with E-state index in [0.29, 0.717) is 16.3 Å². The molecule has 0 bridgehead atoms. The number of rotatable bonds is 5. The monoisotopic (exact) mass is 373 g/mol. The van der Waals surface area contributed by atoms with Crippen molar-refractivity contribution in [2.45, 2.75) is 11.9 Å². The third-order valence-electron chi connectivity index (χ3n) is 3.52. The molecule has 128 valence electrons. The van der Waals surface area contributed by atoms with Crippen LogP contribution in [0.15, 0.2) is 58.9 Å². The SMILES string of the molecule is CCS(=O)(=O)c1ccc(-c2ccc(NC(=O)c3cccs3)cc2)nn1. The summed E-state index contributed by atoms with van der Waals surface area (Å²) in [5.41, 5.74) is 2.01. The molecular formula is C17H15N3O3S2. The second-order valence-corrected chi connectivity index (χ2v) is 8.34. The quantitative estimate of drug-likeness (QED) is 0.741. The van der Waals surface area contributed by atoms with Crippen LogP contribution in [0.2, 0.25) is 0 Å². The smallest absolute Gasteiger partial charge is 0.265 e. The molecule has 1 N–H and O–H groups in total. The van der Waals surface area contributed by atoms with Crippen LogP contribution in [0.4, 0.5) is 5.69 Å². The van der Waals surface area contributed by atoms with Gasteiger partial charge < -0.3 is 5.32 Å². The molecule has 6 nitrogen and oxygen atoms in total. The van der Waals surface area contributed by atoms with E-state index >= 15 is 0 Å². The van der Waals surface area contributed by atoms with Crippen LogP contribution in [0.25, 0.3) is 11.3 Å². The van der Waals surface area contributed by atoms with Gasteiger partial charge in [0.1, 0.15) is 0 Å². The second-order valence-electron chi connectivity index (χ2n) is 5.17. The van der Waals surface area contributed by atoms with Gasteiger partial charge >= 0.3 is 0 Å². The van der Waals surface area contributed by atoms with Gasteiger partial charge in [-0.3, -0.25) is 4.79 Å². The molecule has 1 amide bonds. The Kier molecular flexibility index (Phi) is 4.91. The summed E-state index contributed by atoms with van der Waals surface area (Å²) in [4.78, 5) is 12.7. The van der Waals surface area contributed by atoms with Crippen LogP contribution in [0.3, 0.4) is 0 Å². The highest BCUT2D eigenvalue weighted by Gasteiger charge is 2.14. The predicted molar refractivity (Wildman–Crippen MR) is 97.5 cm³/mol. The van der Waals surface area contributed by atoms with E-state index in [-0.39, 0.29) is 16.7 Å². The molecule has 3 aromatic rings. The van der Waals surface area contributed by atoms with Gasteiger partial charge in [0.25, 0.3) is 5.91 Å². The maximum Gasteiger partial charge on any atom is 0.265 e. The number of sulfone groups is 1. The number of carbonyl (C=O) groups is 1. The molecule has 0 unspecified atom stereocenters. The lowest BCUT2D eigenvalue weighted by Crippen LogP contribution is -2.09. The van der Waals surface area contributed by atoms with Crippen molar-refractivity contribution in [1.29, 1.82) is 0 Å². The van der Waals surface area contributed by atoms with Gasteiger partial charge in [-0.1, -0.05) is 25.1 Å². The summed E-state index contributed by atoms with van der Waals surface area (Å²) in [5.74, 6) is -0.170. The molecule has 0 fully saturated rings. The Morgan fingerprint density at radius 2 is 1.84 bits per heavy atom. The van der Waals surface area contributed by atoms with Crippen LogP contribution >= 0.6 is 11.3 Å². The Morgan fingerprint density at radius 3 is 2.40 bits per heavy atom. The number of benzene rings is 1. The Balaban J connectivity index is 1.75. The normalized spacial score (nSPS) is 11.2. The topological polar surface area (TPSA) is 89.0 Å². The van der Waals surface area contributed by atoms with Crippen molar-refractivity contribution in [1.82, 2.24) is 10.2 Å². The third-order valence-corrected chi connectivity index (χ3v) is 6.01. The van der Waals surface area contributed by atoms with Crippen molar-refractivity contribution in [3.8, 4) is 11.3 Å². The number of nitrogens with one attached hydrogen (secondary N) is 1. The van der Waals surface area contributed by atoms with E-state index in [0.717, 1.165) is 5.56 Å². The van der Waals surface area contributed by atoms with Crippen LogP contribution in [-0.4, -0.2) is 30.3 Å². The average molecular weight is 373 g/mol. The summed E-state index contributed by atoms with van der Waals surface area (Å²) in [7, 11) is -3.36. The molecule has 0 aliphatic rings. The Hall–Kier alpha value is -2.58. The molecule has 0 saturated carbocycles. The average Bonchev–Trinajstić information content (AvgIpc) is 3.17. The minimum absolute atomic E-state index is 0.0142. The zero-order valence-electron chi connectivity index (χ0n) is 13.3. The first-order valence-electron chi connectivity index (χ1n) is 7.51. The summed E-state index contributed by atoms with van der Waals surface area (Å²) in [5, 5.41) is 12.4. The largest absolute Gasteiger partial charge is 0.321 e. The predicted octanol–water partition coefficient (Wildman–Crippen LogP) is 3.25. The molecule has 0 atom stereocenters. The Morgan fingerprint density at radius 1 is 1.08 bits per heavy atom. The summed E-state index contributed by atoms with van der Waals surface area (Å²) >= 11 is 1.38. The standard InChI is InChI=1S/C17H15N3O3S2/c1-2-25(22,23)16-10-9-14(19-20-16)12-5-7-13(8-6-12)18-17(21)15-4-3-11-24-15/h3-11H,2H2,1H3,(H,18,21). The van der Waals surface area contributed by atoms with Gasteiger partial charge in [-0.2, -0.15) is 0 Å². The Labute approximate surface area is 149 Å².